The Morgan fingerprint density at radius 1 is 0.800 bits per heavy atom. The maximum Gasteiger partial charge on any atom is 0.417 e. The molecule has 9 heteroatoms. The Kier molecular flexibility index (Phi) is 4.09. The van der Waals surface area contributed by atoms with Crippen LogP contribution in [0.5, 0.6) is 0 Å². The molecule has 0 bridgehead atoms. The van der Waals surface area contributed by atoms with E-state index in [1.165, 1.54) is 24.4 Å². The van der Waals surface area contributed by atoms with Crippen LogP contribution in [-0.4, -0.2) is 25.1 Å². The predicted molar refractivity (Wildman–Crippen MR) is 107 cm³/mol. The van der Waals surface area contributed by atoms with Crippen molar-refractivity contribution in [1.29, 1.82) is 0 Å². The summed E-state index contributed by atoms with van der Waals surface area (Å²) in [5.74, 6) is 0.748. The number of aromatic amines is 1. The number of halogens is 3. The van der Waals surface area contributed by atoms with E-state index in [-0.39, 0.29) is 17.0 Å². The summed E-state index contributed by atoms with van der Waals surface area (Å²) < 4.78 is 40.6. The van der Waals surface area contributed by atoms with E-state index in [1.807, 2.05) is 24.3 Å². The Morgan fingerprint density at radius 2 is 1.57 bits per heavy atom. The monoisotopic (exact) mass is 406 g/mol. The molecule has 3 aromatic heterocycles. The van der Waals surface area contributed by atoms with Gasteiger partial charge in [-0.25, -0.2) is 15.0 Å². The lowest BCUT2D eigenvalue weighted by Crippen LogP contribution is -2.09. The highest BCUT2D eigenvalue weighted by atomic mass is 19.4. The highest BCUT2D eigenvalue weighted by Crippen LogP contribution is 2.37. The number of aromatic nitrogens is 5. The molecule has 0 saturated heterocycles. The van der Waals surface area contributed by atoms with Gasteiger partial charge in [0.05, 0.1) is 16.5 Å². The van der Waals surface area contributed by atoms with Crippen LogP contribution in [0.25, 0.3) is 33.3 Å². The lowest BCUT2D eigenvalue weighted by atomic mass is 10.1. The van der Waals surface area contributed by atoms with Gasteiger partial charge in [0.2, 0.25) is 0 Å². The Morgan fingerprint density at radius 3 is 2.43 bits per heavy atom. The molecule has 0 fully saturated rings. The van der Waals surface area contributed by atoms with Crippen molar-refractivity contribution in [3.63, 3.8) is 0 Å². The molecule has 6 nitrogen and oxygen atoms in total. The van der Waals surface area contributed by atoms with Crippen molar-refractivity contribution < 1.29 is 13.2 Å². The molecule has 3 heterocycles. The van der Waals surface area contributed by atoms with Crippen LogP contribution in [-0.2, 0) is 6.18 Å². The topological polar surface area (TPSA) is 79.4 Å². The SMILES string of the molecule is FC(F)(F)c1ccccc1-c1nc(Nc2n[nH]c3ccccc23)c2cccnc2n1. The van der Waals surface area contributed by atoms with Crippen LogP contribution in [0.1, 0.15) is 5.56 Å². The first kappa shape index (κ1) is 18.0. The second-order valence-corrected chi connectivity index (χ2v) is 6.56. The van der Waals surface area contributed by atoms with E-state index in [0.717, 1.165) is 17.0 Å². The number of fused-ring (bicyclic) bond motifs is 2. The zero-order chi connectivity index (χ0) is 20.7. The van der Waals surface area contributed by atoms with Gasteiger partial charge in [0.25, 0.3) is 0 Å². The lowest BCUT2D eigenvalue weighted by Gasteiger charge is -2.13. The predicted octanol–water partition coefficient (Wildman–Crippen LogP) is 5.33. The average molecular weight is 406 g/mol. The molecule has 0 aliphatic heterocycles. The minimum Gasteiger partial charge on any atom is -0.322 e. The molecule has 0 aliphatic carbocycles. The van der Waals surface area contributed by atoms with Crippen LogP contribution in [0.4, 0.5) is 24.8 Å². The second kappa shape index (κ2) is 6.80. The van der Waals surface area contributed by atoms with Gasteiger partial charge in [-0.05, 0) is 30.3 Å². The molecule has 5 aromatic rings. The molecule has 0 atom stereocenters. The Balaban J connectivity index is 1.70. The summed E-state index contributed by atoms with van der Waals surface area (Å²) in [4.78, 5) is 12.9. The maximum absolute atomic E-state index is 13.5. The average Bonchev–Trinajstić information content (AvgIpc) is 3.16. The molecule has 2 N–H and O–H groups in total. The van der Waals surface area contributed by atoms with Crippen molar-refractivity contribution >= 4 is 33.6 Å². The van der Waals surface area contributed by atoms with Gasteiger partial charge >= 0.3 is 6.18 Å². The fraction of sp³-hybridized carbons (Fsp3) is 0.0476. The van der Waals surface area contributed by atoms with Crippen molar-refractivity contribution in [3.8, 4) is 11.4 Å². The highest BCUT2D eigenvalue weighted by Gasteiger charge is 2.34. The van der Waals surface area contributed by atoms with Gasteiger partial charge in [-0.15, -0.1) is 0 Å². The number of benzene rings is 2. The molecule has 2 aromatic carbocycles. The fourth-order valence-electron chi connectivity index (χ4n) is 3.27. The van der Waals surface area contributed by atoms with Gasteiger partial charge in [0.1, 0.15) is 5.82 Å². The summed E-state index contributed by atoms with van der Waals surface area (Å²) in [7, 11) is 0. The zero-order valence-electron chi connectivity index (χ0n) is 15.3. The quantitative estimate of drug-likeness (QED) is 0.423. The largest absolute Gasteiger partial charge is 0.417 e. The number of H-pyrrole nitrogens is 1. The summed E-state index contributed by atoms with van der Waals surface area (Å²) in [6, 6.07) is 16.2. The van der Waals surface area contributed by atoms with Crippen LogP contribution in [0.2, 0.25) is 0 Å². The van der Waals surface area contributed by atoms with Crippen LogP contribution in [0, 0.1) is 0 Å². The fourth-order valence-corrected chi connectivity index (χ4v) is 3.27. The van der Waals surface area contributed by atoms with Crippen LogP contribution in [0.15, 0.2) is 66.9 Å². The van der Waals surface area contributed by atoms with Crippen molar-refractivity contribution in [2.24, 2.45) is 0 Å². The number of nitrogens with one attached hydrogen (secondary N) is 2. The van der Waals surface area contributed by atoms with E-state index < -0.39 is 11.7 Å². The number of para-hydroxylation sites is 1. The standard InChI is InChI=1S/C21H13F3N6/c22-21(23,24)15-9-3-1-6-12(15)18-26-17-14(8-5-11-25-17)19(27-18)28-20-13-7-2-4-10-16(13)29-30-20/h1-11H,(H2,25,26,27,28,29,30). The van der Waals surface area contributed by atoms with E-state index >= 15 is 0 Å². The Hall–Kier alpha value is -4.01. The highest BCUT2D eigenvalue weighted by molar-refractivity contribution is 5.95. The van der Waals surface area contributed by atoms with Crippen molar-refractivity contribution in [3.05, 3.63) is 72.4 Å². The second-order valence-electron chi connectivity index (χ2n) is 6.56. The molecule has 30 heavy (non-hydrogen) atoms. The third kappa shape index (κ3) is 3.10. The van der Waals surface area contributed by atoms with Gasteiger partial charge in [0, 0.05) is 17.1 Å². The van der Waals surface area contributed by atoms with E-state index in [4.69, 9.17) is 0 Å². The summed E-state index contributed by atoms with van der Waals surface area (Å²) in [5, 5.41) is 11.7. The normalized spacial score (nSPS) is 11.8. The third-order valence-electron chi connectivity index (χ3n) is 4.65. The molecular formula is C21H13F3N6. The third-order valence-corrected chi connectivity index (χ3v) is 4.65. The number of anilines is 2. The molecule has 148 valence electrons. The van der Waals surface area contributed by atoms with Gasteiger partial charge in [-0.3, -0.25) is 5.10 Å². The molecule has 0 spiro atoms. The first-order valence-electron chi connectivity index (χ1n) is 9.00. The van der Waals surface area contributed by atoms with Crippen LogP contribution < -0.4 is 5.32 Å². The molecular weight excluding hydrogens is 393 g/mol. The number of nitrogens with zero attached hydrogens (tertiary/aromatic N) is 4. The number of pyridine rings is 1. The summed E-state index contributed by atoms with van der Waals surface area (Å²) in [5.41, 5.74) is 0.171. The van der Waals surface area contributed by atoms with Gasteiger partial charge in [-0.1, -0.05) is 30.3 Å². The summed E-state index contributed by atoms with van der Waals surface area (Å²) in [6.45, 7) is 0. The first-order valence-corrected chi connectivity index (χ1v) is 9.00. The number of hydrogen-bond donors (Lipinski definition) is 2. The number of hydrogen-bond acceptors (Lipinski definition) is 5. The van der Waals surface area contributed by atoms with E-state index in [2.05, 4.69) is 30.5 Å². The van der Waals surface area contributed by atoms with Gasteiger partial charge in [0.15, 0.2) is 17.3 Å². The Bertz CT molecular complexity index is 1380. The van der Waals surface area contributed by atoms with Crippen LogP contribution >= 0.6 is 0 Å². The van der Waals surface area contributed by atoms with E-state index in [1.54, 1.807) is 12.1 Å². The minimum atomic E-state index is -4.54. The zero-order valence-corrected chi connectivity index (χ0v) is 15.3. The molecule has 5 rings (SSSR count). The maximum atomic E-state index is 13.5. The van der Waals surface area contributed by atoms with Gasteiger partial charge in [-0.2, -0.15) is 18.3 Å². The van der Waals surface area contributed by atoms with Crippen molar-refractivity contribution in [2.75, 3.05) is 5.32 Å². The summed E-state index contributed by atoms with van der Waals surface area (Å²) >= 11 is 0. The molecule has 0 amide bonds. The smallest absolute Gasteiger partial charge is 0.322 e. The summed E-state index contributed by atoms with van der Waals surface area (Å²) in [6.07, 6.45) is -3.01. The van der Waals surface area contributed by atoms with Gasteiger partial charge < -0.3 is 5.32 Å². The molecule has 0 aliphatic rings. The molecule has 0 unspecified atom stereocenters. The molecule has 0 radical (unpaired) electrons. The number of rotatable bonds is 3. The Labute approximate surface area is 167 Å². The van der Waals surface area contributed by atoms with Crippen LogP contribution in [0.3, 0.4) is 0 Å². The van der Waals surface area contributed by atoms with Crippen molar-refractivity contribution in [2.45, 2.75) is 6.18 Å². The minimum absolute atomic E-state index is 0.0727. The van der Waals surface area contributed by atoms with E-state index in [0.29, 0.717) is 17.0 Å². The number of alkyl halides is 3. The molecule has 0 saturated carbocycles. The van der Waals surface area contributed by atoms with E-state index in [9.17, 15) is 13.2 Å². The lowest BCUT2D eigenvalue weighted by molar-refractivity contribution is -0.137. The van der Waals surface area contributed by atoms with Crippen molar-refractivity contribution in [1.82, 2.24) is 25.1 Å². The first-order chi connectivity index (χ1) is 14.5.